The van der Waals surface area contributed by atoms with Crippen molar-refractivity contribution in [2.75, 3.05) is 26.2 Å². The number of aliphatic imine (C=N–C) groups is 1. The lowest BCUT2D eigenvalue weighted by Gasteiger charge is -2.25. The molecule has 1 aliphatic heterocycles. The zero-order valence-corrected chi connectivity index (χ0v) is 12.8. The third kappa shape index (κ3) is 5.01. The van der Waals surface area contributed by atoms with E-state index < -0.39 is 0 Å². The van der Waals surface area contributed by atoms with Gasteiger partial charge in [-0.15, -0.1) is 0 Å². The van der Waals surface area contributed by atoms with Gasteiger partial charge in [0.05, 0.1) is 6.54 Å². The number of likely N-dealkylation sites (tertiary alicyclic amines) is 1. The molecule has 110 valence electrons. The Hall–Kier alpha value is -0.770. The fourth-order valence-corrected chi connectivity index (χ4v) is 2.75. The highest BCUT2D eigenvalue weighted by atomic mass is 15.2. The number of hydrogen-bond acceptors (Lipinski definition) is 2. The molecule has 0 amide bonds. The molecule has 2 fully saturated rings. The molecule has 4 heteroatoms. The second-order valence-corrected chi connectivity index (χ2v) is 6.32. The lowest BCUT2D eigenvalue weighted by molar-refractivity contribution is 0.231. The van der Waals surface area contributed by atoms with Gasteiger partial charge in [-0.1, -0.05) is 13.8 Å². The van der Waals surface area contributed by atoms with Crippen molar-refractivity contribution in [1.82, 2.24) is 15.5 Å². The van der Waals surface area contributed by atoms with E-state index in [1.807, 2.05) is 0 Å². The summed E-state index contributed by atoms with van der Waals surface area (Å²) in [6.45, 7) is 11.1. The molecule has 0 spiro atoms. The second-order valence-electron chi connectivity index (χ2n) is 6.32. The van der Waals surface area contributed by atoms with E-state index >= 15 is 0 Å². The van der Waals surface area contributed by atoms with Crippen LogP contribution in [0.3, 0.4) is 0 Å². The number of guanidine groups is 1. The van der Waals surface area contributed by atoms with Crippen LogP contribution >= 0.6 is 0 Å². The highest BCUT2D eigenvalue weighted by molar-refractivity contribution is 5.80. The maximum absolute atomic E-state index is 4.79. The van der Waals surface area contributed by atoms with Gasteiger partial charge < -0.3 is 10.6 Å². The van der Waals surface area contributed by atoms with Crippen molar-refractivity contribution in [1.29, 1.82) is 0 Å². The van der Waals surface area contributed by atoms with Crippen LogP contribution in [0.4, 0.5) is 0 Å². The van der Waals surface area contributed by atoms with Crippen molar-refractivity contribution in [3.05, 3.63) is 0 Å². The van der Waals surface area contributed by atoms with Crippen LogP contribution in [-0.4, -0.2) is 49.1 Å². The Kier molecular flexibility index (Phi) is 5.49. The largest absolute Gasteiger partial charge is 0.357 e. The number of rotatable bonds is 6. The van der Waals surface area contributed by atoms with Crippen LogP contribution < -0.4 is 10.6 Å². The first-order valence-corrected chi connectivity index (χ1v) is 7.98. The van der Waals surface area contributed by atoms with Crippen molar-refractivity contribution < 1.29 is 0 Å². The van der Waals surface area contributed by atoms with Crippen molar-refractivity contribution in [3.63, 3.8) is 0 Å². The van der Waals surface area contributed by atoms with E-state index in [2.05, 4.69) is 36.3 Å². The molecule has 1 saturated carbocycles. The summed E-state index contributed by atoms with van der Waals surface area (Å²) < 4.78 is 0. The maximum Gasteiger partial charge on any atom is 0.191 e. The lowest BCUT2D eigenvalue weighted by atomic mass is 10.2. The van der Waals surface area contributed by atoms with E-state index in [1.54, 1.807) is 0 Å². The molecular formula is C15H30N4. The lowest BCUT2D eigenvalue weighted by Crippen LogP contribution is -2.40. The first kappa shape index (κ1) is 14.6. The summed E-state index contributed by atoms with van der Waals surface area (Å²) in [5.41, 5.74) is 0. The summed E-state index contributed by atoms with van der Waals surface area (Å²) in [5, 5.41) is 6.85. The van der Waals surface area contributed by atoms with Crippen LogP contribution in [0.2, 0.25) is 0 Å². The van der Waals surface area contributed by atoms with Crippen molar-refractivity contribution >= 4 is 5.96 Å². The summed E-state index contributed by atoms with van der Waals surface area (Å²) in [6.07, 6.45) is 5.24. The molecule has 19 heavy (non-hydrogen) atoms. The van der Waals surface area contributed by atoms with E-state index in [0.29, 0.717) is 12.1 Å². The monoisotopic (exact) mass is 266 g/mol. The van der Waals surface area contributed by atoms with E-state index in [1.165, 1.54) is 38.8 Å². The van der Waals surface area contributed by atoms with E-state index in [9.17, 15) is 0 Å². The van der Waals surface area contributed by atoms with Crippen LogP contribution in [-0.2, 0) is 0 Å². The Morgan fingerprint density at radius 1 is 1.32 bits per heavy atom. The zero-order valence-electron chi connectivity index (χ0n) is 12.8. The van der Waals surface area contributed by atoms with Gasteiger partial charge in [0.1, 0.15) is 0 Å². The molecule has 1 atom stereocenters. The van der Waals surface area contributed by atoms with Gasteiger partial charge in [-0.25, -0.2) is 0 Å². The first-order valence-electron chi connectivity index (χ1n) is 7.98. The molecule has 4 nitrogen and oxygen atoms in total. The van der Waals surface area contributed by atoms with Crippen LogP contribution in [0.25, 0.3) is 0 Å². The Balaban J connectivity index is 1.82. The molecule has 0 aromatic carbocycles. The molecule has 0 unspecified atom stereocenters. The standard InChI is InChI=1S/C15H30N4/c1-4-16-15(18-13-7-8-13)17-10-14-6-5-9-19(14)11-12(2)3/h12-14H,4-11H2,1-3H3,(H2,16,17,18)/t14-/m1/s1. The molecule has 0 aromatic heterocycles. The van der Waals surface area contributed by atoms with Gasteiger partial charge >= 0.3 is 0 Å². The summed E-state index contributed by atoms with van der Waals surface area (Å²) >= 11 is 0. The van der Waals surface area contributed by atoms with Gasteiger partial charge in [0, 0.05) is 25.2 Å². The highest BCUT2D eigenvalue weighted by Crippen LogP contribution is 2.20. The number of nitrogens with one attached hydrogen (secondary N) is 2. The minimum atomic E-state index is 0.650. The average Bonchev–Trinajstić information content (AvgIpc) is 3.06. The smallest absolute Gasteiger partial charge is 0.191 e. The third-order valence-corrected chi connectivity index (χ3v) is 3.82. The van der Waals surface area contributed by atoms with Gasteiger partial charge in [0.25, 0.3) is 0 Å². The number of hydrogen-bond donors (Lipinski definition) is 2. The molecule has 1 heterocycles. The zero-order chi connectivity index (χ0) is 13.7. The van der Waals surface area contributed by atoms with Gasteiger partial charge in [-0.2, -0.15) is 0 Å². The molecular weight excluding hydrogens is 236 g/mol. The van der Waals surface area contributed by atoms with Crippen LogP contribution in [0.5, 0.6) is 0 Å². The van der Waals surface area contributed by atoms with Crippen LogP contribution in [0.1, 0.15) is 46.5 Å². The summed E-state index contributed by atoms with van der Waals surface area (Å²) in [5.74, 6) is 1.77. The van der Waals surface area contributed by atoms with Gasteiger partial charge in [-0.3, -0.25) is 9.89 Å². The van der Waals surface area contributed by atoms with Crippen molar-refractivity contribution in [2.45, 2.75) is 58.5 Å². The van der Waals surface area contributed by atoms with Crippen LogP contribution in [0.15, 0.2) is 4.99 Å². The second kappa shape index (κ2) is 7.13. The molecule has 2 rings (SSSR count). The Morgan fingerprint density at radius 3 is 2.74 bits per heavy atom. The fraction of sp³-hybridized carbons (Fsp3) is 0.933. The quantitative estimate of drug-likeness (QED) is 0.569. The summed E-state index contributed by atoms with van der Waals surface area (Å²) in [6, 6.07) is 1.32. The fourth-order valence-electron chi connectivity index (χ4n) is 2.75. The van der Waals surface area contributed by atoms with Gasteiger partial charge in [0.15, 0.2) is 5.96 Å². The summed E-state index contributed by atoms with van der Waals surface area (Å²) in [4.78, 5) is 7.41. The topological polar surface area (TPSA) is 39.7 Å². The predicted molar refractivity (Wildman–Crippen MR) is 81.6 cm³/mol. The Morgan fingerprint density at radius 2 is 2.11 bits per heavy atom. The molecule has 0 radical (unpaired) electrons. The molecule has 1 saturated heterocycles. The maximum atomic E-state index is 4.79. The van der Waals surface area contributed by atoms with Crippen molar-refractivity contribution in [2.24, 2.45) is 10.9 Å². The Bertz CT molecular complexity index is 297. The van der Waals surface area contributed by atoms with Gasteiger partial charge in [-0.05, 0) is 45.1 Å². The first-order chi connectivity index (χ1) is 9.19. The normalized spacial score (nSPS) is 25.1. The number of nitrogens with zero attached hydrogens (tertiary/aromatic N) is 2. The predicted octanol–water partition coefficient (Wildman–Crippen LogP) is 1.82. The van der Waals surface area contributed by atoms with Crippen LogP contribution in [0, 0.1) is 5.92 Å². The highest BCUT2D eigenvalue weighted by Gasteiger charge is 2.25. The van der Waals surface area contributed by atoms with Crippen molar-refractivity contribution in [3.8, 4) is 0 Å². The molecule has 2 N–H and O–H groups in total. The molecule has 1 aliphatic carbocycles. The Labute approximate surface area is 118 Å². The molecule has 0 bridgehead atoms. The van der Waals surface area contributed by atoms with Gasteiger partial charge in [0.2, 0.25) is 0 Å². The molecule has 0 aromatic rings. The van der Waals surface area contributed by atoms with E-state index in [-0.39, 0.29) is 0 Å². The summed E-state index contributed by atoms with van der Waals surface area (Å²) in [7, 11) is 0. The minimum absolute atomic E-state index is 0.650. The SMILES string of the molecule is CCNC(=NC[C@H]1CCCN1CC(C)C)NC1CC1. The molecule has 2 aliphatic rings. The van der Waals surface area contributed by atoms with E-state index in [0.717, 1.165) is 25.0 Å². The van der Waals surface area contributed by atoms with E-state index in [4.69, 9.17) is 4.99 Å². The minimum Gasteiger partial charge on any atom is -0.357 e. The third-order valence-electron chi connectivity index (χ3n) is 3.82. The average molecular weight is 266 g/mol.